The summed E-state index contributed by atoms with van der Waals surface area (Å²) < 4.78 is 15.4. The van der Waals surface area contributed by atoms with Crippen LogP contribution in [0.2, 0.25) is 6.04 Å². The van der Waals surface area contributed by atoms with Gasteiger partial charge in [-0.05, 0) is 0 Å². The Kier molecular flexibility index (Phi) is 6.93. The fraction of sp³-hybridized carbons (Fsp3) is 1.00. The molecule has 7 heteroatoms. The molecule has 0 aliphatic rings. The van der Waals surface area contributed by atoms with Crippen molar-refractivity contribution in [3.63, 3.8) is 0 Å². The molecule has 0 heterocycles. The summed E-state index contributed by atoms with van der Waals surface area (Å²) >= 11 is 17.1. The molecule has 0 aromatic carbocycles. The van der Waals surface area contributed by atoms with Gasteiger partial charge in [0.2, 0.25) is 0 Å². The summed E-state index contributed by atoms with van der Waals surface area (Å²) in [6.07, 6.45) is 0. The molecule has 3 nitrogen and oxygen atoms in total. The van der Waals surface area contributed by atoms with Crippen LogP contribution < -0.4 is 0 Å². The van der Waals surface area contributed by atoms with Crippen LogP contribution in [0.25, 0.3) is 0 Å². The maximum Gasteiger partial charge on any atom is 0.501 e. The van der Waals surface area contributed by atoms with Crippen molar-refractivity contribution in [2.24, 2.45) is 0 Å². The Morgan fingerprint density at radius 2 is 1.38 bits per heavy atom. The average molecular weight is 268 g/mol. The lowest BCUT2D eigenvalue weighted by Crippen LogP contribution is -2.45. The summed E-state index contributed by atoms with van der Waals surface area (Å²) in [5, 5.41) is -0.435. The molecule has 1 unspecified atom stereocenters. The van der Waals surface area contributed by atoms with Crippen LogP contribution in [0.1, 0.15) is 0 Å². The standard InChI is InChI=1S/C6H13Cl3O3Si/c1-10-13(11-2,12-3)4-5(7)6(8)9/h5-6H,4H2,1-3H3. The number of hydrogen-bond acceptors (Lipinski definition) is 3. The quantitative estimate of drug-likeness (QED) is 0.546. The number of rotatable bonds is 6. The Labute approximate surface area is 94.6 Å². The maximum absolute atomic E-state index is 5.87. The molecule has 0 radical (unpaired) electrons. The first-order chi connectivity index (χ1) is 6.01. The van der Waals surface area contributed by atoms with E-state index in [0.717, 1.165) is 0 Å². The zero-order valence-electron chi connectivity index (χ0n) is 7.72. The van der Waals surface area contributed by atoms with Crippen molar-refractivity contribution in [2.75, 3.05) is 21.3 Å². The van der Waals surface area contributed by atoms with Crippen molar-refractivity contribution in [1.29, 1.82) is 0 Å². The molecule has 0 aliphatic heterocycles. The van der Waals surface area contributed by atoms with Gasteiger partial charge in [0, 0.05) is 27.4 Å². The van der Waals surface area contributed by atoms with Crippen LogP contribution in [0.3, 0.4) is 0 Å². The SMILES string of the molecule is CO[Si](CC(Cl)C(Cl)Cl)(OC)OC. The summed E-state index contributed by atoms with van der Waals surface area (Å²) in [5.41, 5.74) is 0. The smallest absolute Gasteiger partial charge is 0.377 e. The minimum Gasteiger partial charge on any atom is -0.377 e. The van der Waals surface area contributed by atoms with Gasteiger partial charge in [-0.2, -0.15) is 0 Å². The predicted molar refractivity (Wildman–Crippen MR) is 56.7 cm³/mol. The Balaban J connectivity index is 4.24. The van der Waals surface area contributed by atoms with E-state index in [1.807, 2.05) is 0 Å². The van der Waals surface area contributed by atoms with Crippen molar-refractivity contribution in [3.05, 3.63) is 0 Å². The third-order valence-electron chi connectivity index (χ3n) is 1.65. The van der Waals surface area contributed by atoms with Gasteiger partial charge in [0.1, 0.15) is 4.84 Å². The second-order valence-electron chi connectivity index (χ2n) is 2.35. The van der Waals surface area contributed by atoms with E-state index in [4.69, 9.17) is 48.1 Å². The highest BCUT2D eigenvalue weighted by atomic mass is 35.5. The molecule has 80 valence electrons. The van der Waals surface area contributed by atoms with E-state index >= 15 is 0 Å². The largest absolute Gasteiger partial charge is 0.501 e. The average Bonchev–Trinajstić information content (AvgIpc) is 2.14. The van der Waals surface area contributed by atoms with E-state index in [0.29, 0.717) is 6.04 Å². The first kappa shape index (κ1) is 14.0. The van der Waals surface area contributed by atoms with Crippen molar-refractivity contribution >= 4 is 43.6 Å². The first-order valence-electron chi connectivity index (χ1n) is 3.59. The Morgan fingerprint density at radius 1 is 1.00 bits per heavy atom. The second kappa shape index (κ2) is 6.45. The van der Waals surface area contributed by atoms with Gasteiger partial charge in [-0.3, -0.25) is 0 Å². The lowest BCUT2D eigenvalue weighted by Gasteiger charge is -2.26. The normalized spacial score (nSPS) is 15.0. The van der Waals surface area contributed by atoms with Gasteiger partial charge in [0.05, 0.1) is 5.38 Å². The van der Waals surface area contributed by atoms with Gasteiger partial charge in [0.25, 0.3) is 0 Å². The summed E-state index contributed by atoms with van der Waals surface area (Å²) in [7, 11) is 1.90. The third kappa shape index (κ3) is 4.34. The maximum atomic E-state index is 5.87. The third-order valence-corrected chi connectivity index (χ3v) is 5.99. The summed E-state index contributed by atoms with van der Waals surface area (Å²) in [4.78, 5) is -0.658. The minimum absolute atomic E-state index is 0.385. The molecule has 0 spiro atoms. The molecular weight excluding hydrogens is 255 g/mol. The Hall–Kier alpha value is 0.967. The minimum atomic E-state index is -2.64. The van der Waals surface area contributed by atoms with Crippen LogP contribution in [0.4, 0.5) is 0 Å². The molecule has 0 aromatic rings. The van der Waals surface area contributed by atoms with E-state index < -0.39 is 19.0 Å². The molecule has 0 aromatic heterocycles. The monoisotopic (exact) mass is 266 g/mol. The fourth-order valence-electron chi connectivity index (χ4n) is 0.828. The van der Waals surface area contributed by atoms with Gasteiger partial charge in [-0.1, -0.05) is 0 Å². The molecule has 13 heavy (non-hydrogen) atoms. The Bertz CT molecular complexity index is 135. The van der Waals surface area contributed by atoms with E-state index in [1.54, 1.807) is 0 Å². The molecule has 0 rings (SSSR count). The van der Waals surface area contributed by atoms with E-state index in [9.17, 15) is 0 Å². The molecule has 0 bridgehead atoms. The van der Waals surface area contributed by atoms with Crippen molar-refractivity contribution < 1.29 is 13.3 Å². The fourth-order valence-corrected chi connectivity index (χ4v) is 3.59. The highest BCUT2D eigenvalue weighted by molar-refractivity contribution is 6.62. The van der Waals surface area contributed by atoms with Crippen molar-refractivity contribution in [2.45, 2.75) is 16.3 Å². The van der Waals surface area contributed by atoms with Crippen LogP contribution in [-0.4, -0.2) is 40.3 Å². The molecule has 0 saturated heterocycles. The highest BCUT2D eigenvalue weighted by Crippen LogP contribution is 2.25. The van der Waals surface area contributed by atoms with Gasteiger partial charge in [0.15, 0.2) is 0 Å². The van der Waals surface area contributed by atoms with Gasteiger partial charge in [-0.25, -0.2) is 0 Å². The predicted octanol–water partition coefficient (Wildman–Crippen LogP) is 2.28. The molecule has 0 aliphatic carbocycles. The van der Waals surface area contributed by atoms with E-state index in [1.165, 1.54) is 21.3 Å². The number of halogens is 3. The van der Waals surface area contributed by atoms with Crippen molar-refractivity contribution in [1.82, 2.24) is 0 Å². The van der Waals surface area contributed by atoms with Gasteiger partial charge in [-0.15, -0.1) is 34.8 Å². The lowest BCUT2D eigenvalue weighted by molar-refractivity contribution is 0.123. The van der Waals surface area contributed by atoms with Crippen LogP contribution in [0.5, 0.6) is 0 Å². The molecule has 1 atom stereocenters. The molecule has 0 saturated carbocycles. The second-order valence-corrected chi connectivity index (χ2v) is 7.07. The highest BCUT2D eigenvalue weighted by Gasteiger charge is 2.41. The van der Waals surface area contributed by atoms with E-state index in [2.05, 4.69) is 0 Å². The molecule has 0 fully saturated rings. The van der Waals surface area contributed by atoms with E-state index in [-0.39, 0.29) is 0 Å². The zero-order chi connectivity index (χ0) is 10.5. The number of alkyl halides is 3. The topological polar surface area (TPSA) is 27.7 Å². The lowest BCUT2D eigenvalue weighted by atomic mass is 10.5. The number of hydrogen-bond donors (Lipinski definition) is 0. The van der Waals surface area contributed by atoms with Crippen LogP contribution in [-0.2, 0) is 13.3 Å². The van der Waals surface area contributed by atoms with Gasteiger partial charge >= 0.3 is 8.80 Å². The summed E-state index contributed by atoms with van der Waals surface area (Å²) in [6, 6.07) is 0.385. The van der Waals surface area contributed by atoms with Crippen LogP contribution in [0, 0.1) is 0 Å². The summed E-state index contributed by atoms with van der Waals surface area (Å²) in [5.74, 6) is 0. The van der Waals surface area contributed by atoms with Crippen molar-refractivity contribution in [3.8, 4) is 0 Å². The Morgan fingerprint density at radius 3 is 1.62 bits per heavy atom. The molecule has 0 N–H and O–H groups in total. The summed E-state index contributed by atoms with van der Waals surface area (Å²) in [6.45, 7) is 0. The van der Waals surface area contributed by atoms with Crippen LogP contribution >= 0.6 is 34.8 Å². The van der Waals surface area contributed by atoms with Crippen LogP contribution in [0.15, 0.2) is 0 Å². The first-order valence-corrected chi connectivity index (χ1v) is 6.83. The molecular formula is C6H13Cl3O3Si. The van der Waals surface area contributed by atoms with Gasteiger partial charge < -0.3 is 13.3 Å². The zero-order valence-corrected chi connectivity index (χ0v) is 11.0. The molecule has 0 amide bonds.